The molecule has 0 amide bonds. The van der Waals surface area contributed by atoms with Gasteiger partial charge in [-0.15, -0.1) is 0 Å². The summed E-state index contributed by atoms with van der Waals surface area (Å²) in [6.45, 7) is 3.44. The van der Waals surface area contributed by atoms with Crippen LogP contribution in [0.25, 0.3) is 22.4 Å². The number of hydrogen-bond acceptors (Lipinski definition) is 5. The molecule has 5 rings (SSSR count). The van der Waals surface area contributed by atoms with Crippen LogP contribution in [0.5, 0.6) is 17.2 Å². The van der Waals surface area contributed by atoms with Gasteiger partial charge in [-0.25, -0.2) is 4.98 Å². The second-order valence-electron chi connectivity index (χ2n) is 7.48. The molecule has 6 heteroatoms. The number of pyridine rings is 1. The first-order valence-electron chi connectivity index (χ1n) is 9.77. The first-order valence-corrected chi connectivity index (χ1v) is 10.6. The number of halogens is 1. The number of para-hydroxylation sites is 1. The third kappa shape index (κ3) is 3.31. The third-order valence-electron chi connectivity index (χ3n) is 5.60. The van der Waals surface area contributed by atoms with Gasteiger partial charge in [0, 0.05) is 28.2 Å². The maximum atomic E-state index is 10.5. The predicted molar refractivity (Wildman–Crippen MR) is 117 cm³/mol. The molecule has 0 bridgehead atoms. The van der Waals surface area contributed by atoms with Crippen molar-refractivity contribution in [2.45, 2.75) is 25.8 Å². The molecular weight excluding hydrogens is 432 g/mol. The number of nitrogens with zero attached hydrogens (tertiary/aromatic N) is 2. The third-order valence-corrected chi connectivity index (χ3v) is 6.09. The highest BCUT2D eigenvalue weighted by molar-refractivity contribution is 9.10. The Bertz CT molecular complexity index is 1090. The Hall–Kier alpha value is -2.73. The molecule has 2 aliphatic rings. The summed E-state index contributed by atoms with van der Waals surface area (Å²) in [6, 6.07) is 15.9. The standard InChI is InChI=1S/C23H21BrN2O3/c1-14-4-3-9-26(14)22-11-15(17-5-2-6-21-23(17)29-13-28-21)10-19(25-22)18-12-16(24)7-8-20(18)27/h2,5-8,10-12,14,27H,3-4,9,13H2,1H3. The van der Waals surface area contributed by atoms with E-state index < -0.39 is 0 Å². The Labute approximate surface area is 178 Å². The molecule has 148 valence electrons. The molecule has 5 nitrogen and oxygen atoms in total. The number of fused-ring (bicyclic) bond motifs is 1. The first-order chi connectivity index (χ1) is 14.1. The molecule has 1 N–H and O–H groups in total. The predicted octanol–water partition coefficient (Wildman–Crippen LogP) is 5.60. The molecule has 1 aromatic heterocycles. The zero-order valence-electron chi connectivity index (χ0n) is 16.1. The lowest BCUT2D eigenvalue weighted by molar-refractivity contribution is 0.174. The van der Waals surface area contributed by atoms with Gasteiger partial charge < -0.3 is 19.5 Å². The number of benzene rings is 2. The van der Waals surface area contributed by atoms with Gasteiger partial charge in [0.25, 0.3) is 0 Å². The summed E-state index contributed by atoms with van der Waals surface area (Å²) in [5.74, 6) is 2.63. The van der Waals surface area contributed by atoms with Gasteiger partial charge >= 0.3 is 0 Å². The Morgan fingerprint density at radius 1 is 1.10 bits per heavy atom. The summed E-state index contributed by atoms with van der Waals surface area (Å²) in [6.07, 6.45) is 2.31. The topological polar surface area (TPSA) is 54.8 Å². The highest BCUT2D eigenvalue weighted by atomic mass is 79.9. The Kier molecular flexibility index (Phi) is 4.59. The van der Waals surface area contributed by atoms with Crippen LogP contribution in [0.3, 0.4) is 0 Å². The molecule has 1 atom stereocenters. The minimum Gasteiger partial charge on any atom is -0.507 e. The molecular formula is C23H21BrN2O3. The van der Waals surface area contributed by atoms with E-state index in [1.807, 2.05) is 36.4 Å². The molecule has 3 heterocycles. The number of ether oxygens (including phenoxy) is 2. The van der Waals surface area contributed by atoms with E-state index in [9.17, 15) is 5.11 Å². The van der Waals surface area contributed by atoms with Gasteiger partial charge in [0.1, 0.15) is 11.6 Å². The van der Waals surface area contributed by atoms with Gasteiger partial charge in [-0.05, 0) is 61.7 Å². The molecule has 1 fully saturated rings. The number of anilines is 1. The first kappa shape index (κ1) is 18.3. The van der Waals surface area contributed by atoms with Gasteiger partial charge in [0.15, 0.2) is 11.5 Å². The summed E-state index contributed by atoms with van der Waals surface area (Å²) in [5, 5.41) is 10.5. The molecule has 2 aliphatic heterocycles. The number of phenolic OH excluding ortho intramolecular Hbond substituents is 1. The largest absolute Gasteiger partial charge is 0.507 e. The van der Waals surface area contributed by atoms with Gasteiger partial charge in [-0.1, -0.05) is 28.1 Å². The molecule has 0 radical (unpaired) electrons. The van der Waals surface area contributed by atoms with Crippen molar-refractivity contribution in [3.63, 3.8) is 0 Å². The molecule has 1 unspecified atom stereocenters. The summed E-state index contributed by atoms with van der Waals surface area (Å²) in [4.78, 5) is 7.27. The Balaban J connectivity index is 1.71. The van der Waals surface area contributed by atoms with Crippen molar-refractivity contribution in [3.8, 4) is 39.6 Å². The van der Waals surface area contributed by atoms with E-state index in [1.54, 1.807) is 6.07 Å². The molecule has 1 saturated heterocycles. The van der Waals surface area contributed by atoms with Crippen molar-refractivity contribution < 1.29 is 14.6 Å². The monoisotopic (exact) mass is 452 g/mol. The zero-order valence-corrected chi connectivity index (χ0v) is 17.6. The SMILES string of the molecule is CC1CCCN1c1cc(-c2cccc3c2OCO3)cc(-c2cc(Br)ccc2O)n1. The minimum atomic E-state index is 0.205. The molecule has 2 aromatic carbocycles. The summed E-state index contributed by atoms with van der Waals surface area (Å²) in [5.41, 5.74) is 3.38. The van der Waals surface area contributed by atoms with Gasteiger partial charge in [0.05, 0.1) is 5.69 Å². The van der Waals surface area contributed by atoms with Crippen molar-refractivity contribution >= 4 is 21.7 Å². The fraction of sp³-hybridized carbons (Fsp3) is 0.261. The van der Waals surface area contributed by atoms with Crippen molar-refractivity contribution in [2.75, 3.05) is 18.2 Å². The molecule has 0 aliphatic carbocycles. The lowest BCUT2D eigenvalue weighted by Crippen LogP contribution is -2.27. The number of aromatic hydroxyl groups is 1. The Morgan fingerprint density at radius 2 is 2.00 bits per heavy atom. The second-order valence-corrected chi connectivity index (χ2v) is 8.40. The fourth-order valence-electron chi connectivity index (χ4n) is 4.10. The highest BCUT2D eigenvalue weighted by Crippen LogP contribution is 2.43. The van der Waals surface area contributed by atoms with Crippen molar-refractivity contribution in [1.29, 1.82) is 0 Å². The van der Waals surface area contributed by atoms with E-state index in [-0.39, 0.29) is 12.5 Å². The van der Waals surface area contributed by atoms with E-state index in [2.05, 4.69) is 33.8 Å². The number of hydrogen-bond donors (Lipinski definition) is 1. The van der Waals surface area contributed by atoms with Crippen LogP contribution in [0, 0.1) is 0 Å². The van der Waals surface area contributed by atoms with E-state index in [0.29, 0.717) is 11.6 Å². The molecule has 0 spiro atoms. The number of rotatable bonds is 3. The second kappa shape index (κ2) is 7.26. The van der Waals surface area contributed by atoms with Crippen LogP contribution in [0.2, 0.25) is 0 Å². The van der Waals surface area contributed by atoms with Crippen molar-refractivity contribution in [1.82, 2.24) is 4.98 Å². The maximum Gasteiger partial charge on any atom is 0.231 e. The van der Waals surface area contributed by atoms with Crippen molar-refractivity contribution in [2.24, 2.45) is 0 Å². The van der Waals surface area contributed by atoms with E-state index in [1.165, 1.54) is 0 Å². The maximum absolute atomic E-state index is 10.5. The molecule has 0 saturated carbocycles. The quantitative estimate of drug-likeness (QED) is 0.560. The number of phenols is 1. The van der Waals surface area contributed by atoms with E-state index >= 15 is 0 Å². The van der Waals surface area contributed by atoms with Crippen LogP contribution >= 0.6 is 15.9 Å². The summed E-state index contributed by atoms with van der Waals surface area (Å²) >= 11 is 3.51. The average molecular weight is 453 g/mol. The average Bonchev–Trinajstić information content (AvgIpc) is 3.38. The van der Waals surface area contributed by atoms with E-state index in [0.717, 1.165) is 58.0 Å². The van der Waals surface area contributed by atoms with Crippen LogP contribution in [0.15, 0.2) is 53.0 Å². The van der Waals surface area contributed by atoms with Crippen LogP contribution in [0.1, 0.15) is 19.8 Å². The summed E-state index contributed by atoms with van der Waals surface area (Å²) in [7, 11) is 0. The van der Waals surface area contributed by atoms with Gasteiger partial charge in [0.2, 0.25) is 6.79 Å². The van der Waals surface area contributed by atoms with Crippen LogP contribution < -0.4 is 14.4 Å². The van der Waals surface area contributed by atoms with Crippen LogP contribution in [0.4, 0.5) is 5.82 Å². The highest BCUT2D eigenvalue weighted by Gasteiger charge is 2.25. The van der Waals surface area contributed by atoms with E-state index in [4.69, 9.17) is 14.5 Å². The van der Waals surface area contributed by atoms with Gasteiger partial charge in [-0.2, -0.15) is 0 Å². The molecule has 29 heavy (non-hydrogen) atoms. The van der Waals surface area contributed by atoms with Crippen molar-refractivity contribution in [3.05, 3.63) is 53.0 Å². The Morgan fingerprint density at radius 3 is 2.83 bits per heavy atom. The number of aromatic nitrogens is 1. The van der Waals surface area contributed by atoms with Crippen LogP contribution in [-0.4, -0.2) is 29.5 Å². The molecule has 3 aromatic rings. The summed E-state index contributed by atoms with van der Waals surface area (Å²) < 4.78 is 12.2. The fourth-order valence-corrected chi connectivity index (χ4v) is 4.46. The normalized spacial score (nSPS) is 17.7. The lowest BCUT2D eigenvalue weighted by atomic mass is 10.0. The smallest absolute Gasteiger partial charge is 0.231 e. The van der Waals surface area contributed by atoms with Crippen LogP contribution in [-0.2, 0) is 0 Å². The minimum absolute atomic E-state index is 0.205. The van der Waals surface area contributed by atoms with Gasteiger partial charge in [-0.3, -0.25) is 0 Å². The lowest BCUT2D eigenvalue weighted by Gasteiger charge is -2.24. The zero-order chi connectivity index (χ0) is 20.0.